The summed E-state index contributed by atoms with van der Waals surface area (Å²) in [4.78, 5) is 24.3. The third kappa shape index (κ3) is 4.24. The lowest BCUT2D eigenvalue weighted by Crippen LogP contribution is -2.43. The van der Waals surface area contributed by atoms with Crippen LogP contribution in [-0.4, -0.2) is 44.5 Å². The molecule has 1 aliphatic carbocycles. The highest BCUT2D eigenvalue weighted by Gasteiger charge is 2.26. The lowest BCUT2D eigenvalue weighted by Gasteiger charge is -2.32. The monoisotopic (exact) mass is 451 g/mol. The molecule has 1 saturated heterocycles. The molecule has 0 bridgehead atoms. The van der Waals surface area contributed by atoms with Gasteiger partial charge in [0, 0.05) is 35.9 Å². The van der Waals surface area contributed by atoms with E-state index in [2.05, 4.69) is 39.8 Å². The highest BCUT2D eigenvalue weighted by atomic mass is 32.1. The predicted molar refractivity (Wildman–Crippen MR) is 128 cm³/mol. The number of carbonyl (C=O) groups excluding carboxylic acids is 1. The number of aromatic nitrogens is 3. The van der Waals surface area contributed by atoms with Gasteiger partial charge in [0.15, 0.2) is 5.13 Å². The normalized spacial score (nSPS) is 19.4. The molecule has 32 heavy (non-hydrogen) atoms. The Morgan fingerprint density at radius 3 is 2.91 bits per heavy atom. The molecule has 0 unspecified atom stereocenters. The molecule has 0 spiro atoms. The number of carbonyl (C=O) groups is 1. The first-order chi connectivity index (χ1) is 15.6. The van der Waals surface area contributed by atoms with Gasteiger partial charge in [-0.2, -0.15) is 4.98 Å². The Morgan fingerprint density at radius 2 is 2.16 bits per heavy atom. The van der Waals surface area contributed by atoms with E-state index in [1.807, 2.05) is 18.0 Å². The van der Waals surface area contributed by atoms with Crippen molar-refractivity contribution in [1.82, 2.24) is 19.4 Å². The molecule has 1 aliphatic heterocycles. The largest absolute Gasteiger partial charge is 0.472 e. The van der Waals surface area contributed by atoms with Crippen LogP contribution < -0.4 is 10.1 Å². The SMILES string of the molecule is C=CC(=O)N1CCC[C@H](Oc2nc(Nc3ncc(C)s3)cc3c2ccn3C2CCCC2)C1. The van der Waals surface area contributed by atoms with Crippen LogP contribution in [0.1, 0.15) is 49.4 Å². The minimum atomic E-state index is -0.0875. The number of aryl methyl sites for hydroxylation is 1. The van der Waals surface area contributed by atoms with Crippen molar-refractivity contribution in [2.45, 2.75) is 57.6 Å². The van der Waals surface area contributed by atoms with Gasteiger partial charge in [0.1, 0.15) is 11.9 Å². The standard InChI is InChI=1S/C24H29N5O2S/c1-3-22(30)28-11-6-9-18(15-28)31-23-19-10-12-29(17-7-4-5-8-17)20(19)13-21(26-23)27-24-25-14-16(2)32-24/h3,10,12-14,17-18H,1,4-9,11,15H2,2H3,(H,25,26,27)/t18-/m0/s1. The van der Waals surface area contributed by atoms with Crippen molar-refractivity contribution in [3.8, 4) is 5.88 Å². The first kappa shape index (κ1) is 21.0. The summed E-state index contributed by atoms with van der Waals surface area (Å²) in [6.45, 7) is 6.96. The van der Waals surface area contributed by atoms with Crippen molar-refractivity contribution in [3.05, 3.63) is 42.1 Å². The van der Waals surface area contributed by atoms with E-state index in [0.29, 0.717) is 18.5 Å². The van der Waals surface area contributed by atoms with Gasteiger partial charge in [0.05, 0.1) is 17.4 Å². The Morgan fingerprint density at radius 1 is 1.31 bits per heavy atom. The molecule has 3 aromatic rings. The molecule has 168 valence electrons. The highest BCUT2D eigenvalue weighted by molar-refractivity contribution is 7.15. The lowest BCUT2D eigenvalue weighted by atomic mass is 10.1. The number of nitrogens with zero attached hydrogens (tertiary/aromatic N) is 4. The molecule has 4 heterocycles. The number of piperidine rings is 1. The fourth-order valence-corrected chi connectivity index (χ4v) is 5.49. The molecule has 2 fully saturated rings. The van der Waals surface area contributed by atoms with Gasteiger partial charge in [-0.05, 0) is 44.7 Å². The maximum Gasteiger partial charge on any atom is 0.246 e. The van der Waals surface area contributed by atoms with Gasteiger partial charge >= 0.3 is 0 Å². The van der Waals surface area contributed by atoms with Gasteiger partial charge in [-0.1, -0.05) is 19.4 Å². The summed E-state index contributed by atoms with van der Waals surface area (Å²) in [7, 11) is 0. The molecule has 2 aliphatic rings. The summed E-state index contributed by atoms with van der Waals surface area (Å²) in [6.07, 6.45) is 12.1. The summed E-state index contributed by atoms with van der Waals surface area (Å²) in [5.41, 5.74) is 1.13. The third-order valence-electron chi connectivity index (χ3n) is 6.40. The zero-order valence-corrected chi connectivity index (χ0v) is 19.2. The van der Waals surface area contributed by atoms with E-state index in [4.69, 9.17) is 9.72 Å². The molecule has 5 rings (SSSR count). The minimum Gasteiger partial charge on any atom is -0.472 e. The van der Waals surface area contributed by atoms with Gasteiger partial charge in [-0.3, -0.25) is 4.79 Å². The Balaban J connectivity index is 1.48. The Kier molecular flexibility index (Phi) is 5.87. The maximum absolute atomic E-state index is 12.1. The zero-order valence-electron chi connectivity index (χ0n) is 18.4. The van der Waals surface area contributed by atoms with Crippen LogP contribution in [-0.2, 0) is 4.79 Å². The smallest absolute Gasteiger partial charge is 0.246 e. The van der Waals surface area contributed by atoms with Crippen LogP contribution >= 0.6 is 11.3 Å². The molecule has 8 heteroatoms. The van der Waals surface area contributed by atoms with E-state index in [0.717, 1.165) is 46.1 Å². The van der Waals surface area contributed by atoms with Crippen LogP contribution in [0.5, 0.6) is 5.88 Å². The summed E-state index contributed by atoms with van der Waals surface area (Å²) in [6, 6.07) is 4.74. The summed E-state index contributed by atoms with van der Waals surface area (Å²) >= 11 is 1.60. The van der Waals surface area contributed by atoms with E-state index < -0.39 is 0 Å². The fourth-order valence-electron chi connectivity index (χ4n) is 4.82. The second kappa shape index (κ2) is 8.94. The van der Waals surface area contributed by atoms with Gasteiger partial charge in [0.25, 0.3) is 0 Å². The van der Waals surface area contributed by atoms with E-state index in [9.17, 15) is 4.79 Å². The topological polar surface area (TPSA) is 72.3 Å². The number of anilines is 2. The molecule has 1 N–H and O–H groups in total. The summed E-state index contributed by atoms with van der Waals surface area (Å²) in [5, 5.41) is 5.20. The molecular formula is C24H29N5O2S. The fraction of sp³-hybridized carbons (Fsp3) is 0.458. The van der Waals surface area contributed by atoms with Crippen LogP contribution in [0.4, 0.5) is 10.9 Å². The van der Waals surface area contributed by atoms with E-state index in [1.54, 1.807) is 11.3 Å². The Hall–Kier alpha value is -2.87. The number of thiazole rings is 1. The minimum absolute atomic E-state index is 0.0432. The summed E-state index contributed by atoms with van der Waals surface area (Å²) in [5.74, 6) is 1.31. The number of ether oxygens (including phenoxy) is 1. The zero-order chi connectivity index (χ0) is 22.1. The van der Waals surface area contributed by atoms with Crippen LogP contribution in [0, 0.1) is 6.92 Å². The second-order valence-corrected chi connectivity index (χ2v) is 9.91. The predicted octanol–water partition coefficient (Wildman–Crippen LogP) is 5.22. The number of hydrogen-bond acceptors (Lipinski definition) is 6. The van der Waals surface area contributed by atoms with Gasteiger partial charge in [0.2, 0.25) is 11.8 Å². The molecular weight excluding hydrogens is 422 g/mol. The number of pyridine rings is 1. The van der Waals surface area contributed by atoms with Crippen molar-refractivity contribution < 1.29 is 9.53 Å². The van der Waals surface area contributed by atoms with Crippen molar-refractivity contribution in [3.63, 3.8) is 0 Å². The molecule has 0 radical (unpaired) electrons. The van der Waals surface area contributed by atoms with Crippen molar-refractivity contribution in [2.75, 3.05) is 18.4 Å². The van der Waals surface area contributed by atoms with Crippen molar-refractivity contribution in [2.24, 2.45) is 0 Å². The quantitative estimate of drug-likeness (QED) is 0.521. The first-order valence-corrected chi connectivity index (χ1v) is 12.2. The maximum atomic E-state index is 12.1. The molecule has 3 aromatic heterocycles. The van der Waals surface area contributed by atoms with Crippen molar-refractivity contribution >= 4 is 39.1 Å². The lowest BCUT2D eigenvalue weighted by molar-refractivity contribution is -0.128. The number of amides is 1. The molecule has 7 nitrogen and oxygen atoms in total. The van der Waals surface area contributed by atoms with E-state index in [-0.39, 0.29) is 12.0 Å². The second-order valence-electron chi connectivity index (χ2n) is 8.68. The van der Waals surface area contributed by atoms with Crippen molar-refractivity contribution in [1.29, 1.82) is 0 Å². The number of nitrogens with one attached hydrogen (secondary N) is 1. The number of hydrogen-bond donors (Lipinski definition) is 1. The van der Waals surface area contributed by atoms with E-state index in [1.165, 1.54) is 31.8 Å². The first-order valence-electron chi connectivity index (χ1n) is 11.4. The molecule has 1 saturated carbocycles. The van der Waals surface area contributed by atoms with Gasteiger partial charge in [-0.15, -0.1) is 11.3 Å². The average Bonchev–Trinajstić information content (AvgIpc) is 3.54. The third-order valence-corrected chi connectivity index (χ3v) is 7.23. The summed E-state index contributed by atoms with van der Waals surface area (Å²) < 4.78 is 8.82. The van der Waals surface area contributed by atoms with Crippen LogP contribution in [0.2, 0.25) is 0 Å². The van der Waals surface area contributed by atoms with Gasteiger partial charge in [-0.25, -0.2) is 4.98 Å². The van der Waals surface area contributed by atoms with Crippen LogP contribution in [0.3, 0.4) is 0 Å². The van der Waals surface area contributed by atoms with E-state index >= 15 is 0 Å². The van der Waals surface area contributed by atoms with Crippen LogP contribution in [0.25, 0.3) is 10.9 Å². The number of fused-ring (bicyclic) bond motifs is 1. The molecule has 0 aromatic carbocycles. The number of likely N-dealkylation sites (tertiary alicyclic amines) is 1. The molecule has 1 atom stereocenters. The van der Waals surface area contributed by atoms with Crippen LogP contribution in [0.15, 0.2) is 37.2 Å². The average molecular weight is 452 g/mol. The highest BCUT2D eigenvalue weighted by Crippen LogP contribution is 2.37. The molecule has 1 amide bonds. The number of rotatable bonds is 6. The Labute approximate surface area is 192 Å². The van der Waals surface area contributed by atoms with Gasteiger partial charge < -0.3 is 19.5 Å². The Bertz CT molecular complexity index is 1130.